The highest BCUT2D eigenvalue weighted by Gasteiger charge is 2.17. The SMILES string of the molecule is CCC(CNCC(C)C)N1CCCCCCC1. The van der Waals surface area contributed by atoms with Gasteiger partial charge >= 0.3 is 0 Å². The van der Waals surface area contributed by atoms with Crippen LogP contribution in [0.4, 0.5) is 0 Å². The van der Waals surface area contributed by atoms with Crippen molar-refractivity contribution in [1.29, 1.82) is 0 Å². The van der Waals surface area contributed by atoms with E-state index in [1.165, 1.54) is 58.2 Å². The van der Waals surface area contributed by atoms with Gasteiger partial charge in [0.25, 0.3) is 0 Å². The topological polar surface area (TPSA) is 15.3 Å². The van der Waals surface area contributed by atoms with E-state index in [9.17, 15) is 0 Å². The van der Waals surface area contributed by atoms with E-state index in [2.05, 4.69) is 31.0 Å². The highest BCUT2D eigenvalue weighted by molar-refractivity contribution is 4.74. The molecule has 1 aliphatic rings. The number of hydrogen-bond donors (Lipinski definition) is 1. The molecular weight excluding hydrogens is 208 g/mol. The van der Waals surface area contributed by atoms with Gasteiger partial charge in [-0.25, -0.2) is 0 Å². The van der Waals surface area contributed by atoms with Gasteiger partial charge in [-0.15, -0.1) is 0 Å². The maximum atomic E-state index is 3.63. The number of nitrogens with zero attached hydrogens (tertiary/aromatic N) is 1. The van der Waals surface area contributed by atoms with E-state index in [0.29, 0.717) is 0 Å². The molecule has 0 saturated carbocycles. The molecule has 0 radical (unpaired) electrons. The standard InChI is InChI=1S/C15H32N2/c1-4-15(13-16-12-14(2)3)17-10-8-6-5-7-9-11-17/h14-16H,4-13H2,1-3H3. The fraction of sp³-hybridized carbons (Fsp3) is 1.00. The lowest BCUT2D eigenvalue weighted by Crippen LogP contribution is -2.44. The lowest BCUT2D eigenvalue weighted by atomic mass is 10.1. The van der Waals surface area contributed by atoms with Crippen LogP contribution in [0.2, 0.25) is 0 Å². The average Bonchev–Trinajstić information content (AvgIpc) is 2.25. The molecule has 102 valence electrons. The van der Waals surface area contributed by atoms with Crippen LogP contribution in [-0.4, -0.2) is 37.1 Å². The Balaban J connectivity index is 2.30. The van der Waals surface area contributed by atoms with Crippen molar-refractivity contribution >= 4 is 0 Å². The van der Waals surface area contributed by atoms with Crippen LogP contribution in [0.3, 0.4) is 0 Å². The maximum absolute atomic E-state index is 3.63. The summed E-state index contributed by atoms with van der Waals surface area (Å²) in [6, 6.07) is 0.756. The molecule has 1 saturated heterocycles. The van der Waals surface area contributed by atoms with Gasteiger partial charge < -0.3 is 5.32 Å². The molecule has 1 fully saturated rings. The molecule has 1 atom stereocenters. The van der Waals surface area contributed by atoms with E-state index in [4.69, 9.17) is 0 Å². The zero-order valence-electron chi connectivity index (χ0n) is 12.2. The minimum atomic E-state index is 0.756. The van der Waals surface area contributed by atoms with Gasteiger partial charge in [-0.1, -0.05) is 40.0 Å². The molecule has 0 aliphatic carbocycles. The van der Waals surface area contributed by atoms with E-state index in [0.717, 1.165) is 18.5 Å². The summed E-state index contributed by atoms with van der Waals surface area (Å²) in [4.78, 5) is 2.73. The Bertz CT molecular complexity index is 172. The summed E-state index contributed by atoms with van der Waals surface area (Å²) in [6.45, 7) is 11.9. The third kappa shape index (κ3) is 6.42. The zero-order valence-corrected chi connectivity index (χ0v) is 12.2. The molecule has 1 unspecified atom stereocenters. The molecule has 0 aromatic carbocycles. The lowest BCUT2D eigenvalue weighted by Gasteiger charge is -2.32. The minimum Gasteiger partial charge on any atom is -0.315 e. The van der Waals surface area contributed by atoms with Gasteiger partial charge in [-0.3, -0.25) is 4.90 Å². The molecule has 0 bridgehead atoms. The number of rotatable bonds is 6. The van der Waals surface area contributed by atoms with Crippen molar-refractivity contribution in [1.82, 2.24) is 10.2 Å². The Kier molecular flexibility index (Phi) is 7.87. The van der Waals surface area contributed by atoms with Crippen LogP contribution in [0.15, 0.2) is 0 Å². The number of likely N-dealkylation sites (tertiary alicyclic amines) is 1. The van der Waals surface area contributed by atoms with Crippen LogP contribution in [0.1, 0.15) is 59.3 Å². The van der Waals surface area contributed by atoms with Crippen LogP contribution >= 0.6 is 0 Å². The van der Waals surface area contributed by atoms with Crippen LogP contribution < -0.4 is 5.32 Å². The smallest absolute Gasteiger partial charge is 0.0218 e. The molecule has 0 amide bonds. The predicted octanol–water partition coefficient (Wildman–Crippen LogP) is 3.28. The fourth-order valence-electron chi connectivity index (χ4n) is 2.71. The second-order valence-electron chi connectivity index (χ2n) is 5.92. The minimum absolute atomic E-state index is 0.756. The molecule has 0 spiro atoms. The van der Waals surface area contributed by atoms with Crippen molar-refractivity contribution < 1.29 is 0 Å². The highest BCUT2D eigenvalue weighted by atomic mass is 15.2. The molecule has 1 heterocycles. The van der Waals surface area contributed by atoms with Crippen molar-refractivity contribution in [2.45, 2.75) is 65.3 Å². The average molecular weight is 240 g/mol. The van der Waals surface area contributed by atoms with Crippen molar-refractivity contribution in [3.63, 3.8) is 0 Å². The van der Waals surface area contributed by atoms with Crippen LogP contribution in [0, 0.1) is 5.92 Å². The molecule has 2 nitrogen and oxygen atoms in total. The Morgan fingerprint density at radius 3 is 2.06 bits per heavy atom. The predicted molar refractivity (Wildman–Crippen MR) is 76.4 cm³/mol. The summed E-state index contributed by atoms with van der Waals surface area (Å²) < 4.78 is 0. The Morgan fingerprint density at radius 1 is 0.941 bits per heavy atom. The first-order valence-corrected chi connectivity index (χ1v) is 7.68. The van der Waals surface area contributed by atoms with Crippen molar-refractivity contribution in [2.24, 2.45) is 5.92 Å². The highest BCUT2D eigenvalue weighted by Crippen LogP contribution is 2.14. The number of nitrogens with one attached hydrogen (secondary N) is 1. The summed E-state index contributed by atoms with van der Waals surface area (Å²) in [5, 5.41) is 3.63. The summed E-state index contributed by atoms with van der Waals surface area (Å²) >= 11 is 0. The Labute approximate surface area is 108 Å². The van der Waals surface area contributed by atoms with Gasteiger partial charge in [0.15, 0.2) is 0 Å². The molecule has 1 rings (SSSR count). The third-order valence-corrected chi connectivity index (χ3v) is 3.81. The molecule has 2 heteroatoms. The first-order valence-electron chi connectivity index (χ1n) is 7.68. The first-order chi connectivity index (χ1) is 8.24. The van der Waals surface area contributed by atoms with Gasteiger partial charge in [0.1, 0.15) is 0 Å². The summed E-state index contributed by atoms with van der Waals surface area (Å²) in [7, 11) is 0. The fourth-order valence-corrected chi connectivity index (χ4v) is 2.71. The van der Waals surface area contributed by atoms with Gasteiger partial charge in [0, 0.05) is 12.6 Å². The molecule has 0 aromatic rings. The van der Waals surface area contributed by atoms with Crippen LogP contribution in [0.5, 0.6) is 0 Å². The quantitative estimate of drug-likeness (QED) is 0.766. The number of hydrogen-bond acceptors (Lipinski definition) is 2. The lowest BCUT2D eigenvalue weighted by molar-refractivity contribution is 0.170. The third-order valence-electron chi connectivity index (χ3n) is 3.81. The molecule has 17 heavy (non-hydrogen) atoms. The Hall–Kier alpha value is -0.0800. The van der Waals surface area contributed by atoms with Gasteiger partial charge in [0.05, 0.1) is 0 Å². The molecule has 1 aliphatic heterocycles. The normalized spacial score (nSPS) is 21.2. The Morgan fingerprint density at radius 2 is 1.53 bits per heavy atom. The van der Waals surface area contributed by atoms with Crippen molar-refractivity contribution in [3.8, 4) is 0 Å². The summed E-state index contributed by atoms with van der Waals surface area (Å²) in [5.74, 6) is 0.764. The van der Waals surface area contributed by atoms with Crippen LogP contribution in [-0.2, 0) is 0 Å². The molecule has 0 aromatic heterocycles. The second-order valence-corrected chi connectivity index (χ2v) is 5.92. The first kappa shape index (κ1) is 15.0. The van der Waals surface area contributed by atoms with Gasteiger partial charge in [-0.2, -0.15) is 0 Å². The molecule has 1 N–H and O–H groups in total. The van der Waals surface area contributed by atoms with E-state index in [-0.39, 0.29) is 0 Å². The largest absolute Gasteiger partial charge is 0.315 e. The van der Waals surface area contributed by atoms with Gasteiger partial charge in [0.2, 0.25) is 0 Å². The van der Waals surface area contributed by atoms with E-state index in [1.54, 1.807) is 0 Å². The zero-order chi connectivity index (χ0) is 12.5. The van der Waals surface area contributed by atoms with Crippen molar-refractivity contribution in [3.05, 3.63) is 0 Å². The summed E-state index contributed by atoms with van der Waals surface area (Å²) in [5.41, 5.74) is 0. The monoisotopic (exact) mass is 240 g/mol. The molecular formula is C15H32N2. The van der Waals surface area contributed by atoms with E-state index in [1.807, 2.05) is 0 Å². The van der Waals surface area contributed by atoms with E-state index < -0.39 is 0 Å². The van der Waals surface area contributed by atoms with Gasteiger partial charge in [-0.05, 0) is 44.8 Å². The van der Waals surface area contributed by atoms with Crippen molar-refractivity contribution in [2.75, 3.05) is 26.2 Å². The second kappa shape index (κ2) is 8.93. The van der Waals surface area contributed by atoms with E-state index >= 15 is 0 Å². The maximum Gasteiger partial charge on any atom is 0.0218 e. The summed E-state index contributed by atoms with van der Waals surface area (Å²) in [6.07, 6.45) is 8.42. The van der Waals surface area contributed by atoms with Crippen LogP contribution in [0.25, 0.3) is 0 Å².